The van der Waals surface area contributed by atoms with E-state index < -0.39 is 0 Å². The molecule has 0 aromatic heterocycles. The van der Waals surface area contributed by atoms with Gasteiger partial charge in [0.15, 0.2) is 0 Å². The molecule has 3 unspecified atom stereocenters. The Morgan fingerprint density at radius 1 is 1.31 bits per heavy atom. The standard InChI is InChI=1S/C15H28O/c1-11-7-8-13(15(11,5)6)9-10-14(3,4)12(2)16/h9-13,16H,7-8H2,1-6H3. The van der Waals surface area contributed by atoms with E-state index in [1.807, 2.05) is 6.92 Å². The molecule has 0 heterocycles. The summed E-state index contributed by atoms with van der Waals surface area (Å²) in [6, 6.07) is 0. The van der Waals surface area contributed by atoms with Crippen LogP contribution in [0.2, 0.25) is 0 Å². The summed E-state index contributed by atoms with van der Waals surface area (Å²) in [4.78, 5) is 0. The van der Waals surface area contributed by atoms with Crippen LogP contribution in [0.5, 0.6) is 0 Å². The average Bonchev–Trinajstić information content (AvgIpc) is 2.39. The summed E-state index contributed by atoms with van der Waals surface area (Å²) in [7, 11) is 0. The minimum Gasteiger partial charge on any atom is -0.393 e. The van der Waals surface area contributed by atoms with Gasteiger partial charge in [-0.1, -0.05) is 46.8 Å². The number of hydrogen-bond acceptors (Lipinski definition) is 1. The molecule has 1 heteroatoms. The van der Waals surface area contributed by atoms with E-state index in [1.165, 1.54) is 12.8 Å². The molecule has 0 amide bonds. The maximum atomic E-state index is 9.68. The van der Waals surface area contributed by atoms with Crippen LogP contribution in [-0.2, 0) is 0 Å². The van der Waals surface area contributed by atoms with Crippen LogP contribution >= 0.6 is 0 Å². The molecule has 16 heavy (non-hydrogen) atoms. The second-order valence-electron chi connectivity index (χ2n) is 6.76. The summed E-state index contributed by atoms with van der Waals surface area (Å²) >= 11 is 0. The summed E-state index contributed by atoms with van der Waals surface area (Å²) in [5.74, 6) is 1.47. The van der Waals surface area contributed by atoms with Crippen LogP contribution in [-0.4, -0.2) is 11.2 Å². The Morgan fingerprint density at radius 3 is 2.25 bits per heavy atom. The fraction of sp³-hybridized carbons (Fsp3) is 0.867. The van der Waals surface area contributed by atoms with Gasteiger partial charge in [0.2, 0.25) is 0 Å². The van der Waals surface area contributed by atoms with Crippen LogP contribution in [0.1, 0.15) is 54.4 Å². The monoisotopic (exact) mass is 224 g/mol. The lowest BCUT2D eigenvalue weighted by Crippen LogP contribution is -2.26. The fourth-order valence-corrected chi connectivity index (χ4v) is 2.39. The highest BCUT2D eigenvalue weighted by Gasteiger charge is 2.39. The first-order chi connectivity index (χ1) is 7.18. The van der Waals surface area contributed by atoms with Crippen molar-refractivity contribution < 1.29 is 5.11 Å². The second kappa shape index (κ2) is 4.52. The topological polar surface area (TPSA) is 20.2 Å². The quantitative estimate of drug-likeness (QED) is 0.718. The molecular weight excluding hydrogens is 196 g/mol. The first-order valence-electron chi connectivity index (χ1n) is 6.55. The van der Waals surface area contributed by atoms with Crippen molar-refractivity contribution in [1.82, 2.24) is 0 Å². The van der Waals surface area contributed by atoms with Crippen molar-refractivity contribution in [2.24, 2.45) is 22.7 Å². The van der Waals surface area contributed by atoms with E-state index in [0.29, 0.717) is 11.3 Å². The van der Waals surface area contributed by atoms with Crippen LogP contribution < -0.4 is 0 Å². The number of hydrogen-bond donors (Lipinski definition) is 1. The fourth-order valence-electron chi connectivity index (χ4n) is 2.39. The van der Waals surface area contributed by atoms with E-state index in [-0.39, 0.29) is 11.5 Å². The Hall–Kier alpha value is -0.300. The molecule has 3 atom stereocenters. The summed E-state index contributed by atoms with van der Waals surface area (Å²) < 4.78 is 0. The zero-order chi connectivity index (χ0) is 12.6. The molecule has 1 saturated carbocycles. The predicted octanol–water partition coefficient (Wildman–Crippen LogP) is 4.02. The van der Waals surface area contributed by atoms with E-state index in [0.717, 1.165) is 5.92 Å². The van der Waals surface area contributed by atoms with E-state index in [4.69, 9.17) is 0 Å². The van der Waals surface area contributed by atoms with Gasteiger partial charge < -0.3 is 5.11 Å². The van der Waals surface area contributed by atoms with Crippen LogP contribution in [0.15, 0.2) is 12.2 Å². The number of aliphatic hydroxyl groups excluding tert-OH is 1. The lowest BCUT2D eigenvalue weighted by Gasteiger charge is -2.31. The van der Waals surface area contributed by atoms with Crippen molar-refractivity contribution >= 4 is 0 Å². The minimum absolute atomic E-state index is 0.109. The van der Waals surface area contributed by atoms with E-state index in [2.05, 4.69) is 46.8 Å². The first kappa shape index (κ1) is 13.8. The highest BCUT2D eigenvalue weighted by molar-refractivity contribution is 5.06. The van der Waals surface area contributed by atoms with E-state index in [9.17, 15) is 5.11 Å². The zero-order valence-electron chi connectivity index (χ0n) is 11.7. The Morgan fingerprint density at radius 2 is 1.88 bits per heavy atom. The van der Waals surface area contributed by atoms with Gasteiger partial charge >= 0.3 is 0 Å². The molecule has 0 spiro atoms. The van der Waals surface area contributed by atoms with Gasteiger partial charge in [-0.25, -0.2) is 0 Å². The van der Waals surface area contributed by atoms with Gasteiger partial charge in [0.05, 0.1) is 6.10 Å². The van der Waals surface area contributed by atoms with Gasteiger partial charge in [-0.05, 0) is 37.0 Å². The van der Waals surface area contributed by atoms with Crippen molar-refractivity contribution in [1.29, 1.82) is 0 Å². The maximum absolute atomic E-state index is 9.68. The molecule has 0 aliphatic heterocycles. The average molecular weight is 224 g/mol. The first-order valence-corrected chi connectivity index (χ1v) is 6.55. The summed E-state index contributed by atoms with van der Waals surface area (Å²) in [6.45, 7) is 13.2. The van der Waals surface area contributed by atoms with Gasteiger partial charge in [0.25, 0.3) is 0 Å². The predicted molar refractivity (Wildman–Crippen MR) is 70.3 cm³/mol. The molecule has 1 rings (SSSR count). The molecule has 0 saturated heterocycles. The Labute approximate surface area is 101 Å². The summed E-state index contributed by atoms with van der Waals surface area (Å²) in [5, 5.41) is 9.68. The maximum Gasteiger partial charge on any atom is 0.0597 e. The van der Waals surface area contributed by atoms with Crippen molar-refractivity contribution in [3.8, 4) is 0 Å². The molecule has 1 nitrogen and oxygen atoms in total. The Bertz CT molecular complexity index is 261. The molecule has 1 aliphatic rings. The minimum atomic E-state index is -0.286. The number of rotatable bonds is 3. The lowest BCUT2D eigenvalue weighted by atomic mass is 9.75. The van der Waals surface area contributed by atoms with E-state index >= 15 is 0 Å². The van der Waals surface area contributed by atoms with Crippen molar-refractivity contribution in [2.75, 3.05) is 0 Å². The third-order valence-electron chi connectivity index (χ3n) is 4.97. The third-order valence-corrected chi connectivity index (χ3v) is 4.97. The number of aliphatic hydroxyl groups is 1. The highest BCUT2D eigenvalue weighted by atomic mass is 16.3. The lowest BCUT2D eigenvalue weighted by molar-refractivity contribution is 0.0987. The summed E-state index contributed by atoms with van der Waals surface area (Å²) in [5.41, 5.74) is 0.299. The van der Waals surface area contributed by atoms with Crippen molar-refractivity contribution in [2.45, 2.75) is 60.5 Å². The molecule has 1 fully saturated rings. The molecule has 94 valence electrons. The van der Waals surface area contributed by atoms with Crippen LogP contribution in [0, 0.1) is 22.7 Å². The molecule has 0 bridgehead atoms. The second-order valence-corrected chi connectivity index (χ2v) is 6.76. The van der Waals surface area contributed by atoms with Crippen molar-refractivity contribution in [3.63, 3.8) is 0 Å². The van der Waals surface area contributed by atoms with Crippen LogP contribution in [0.3, 0.4) is 0 Å². The van der Waals surface area contributed by atoms with E-state index in [1.54, 1.807) is 0 Å². The van der Waals surface area contributed by atoms with Gasteiger partial charge in [0.1, 0.15) is 0 Å². The van der Waals surface area contributed by atoms with Gasteiger partial charge in [-0.2, -0.15) is 0 Å². The SMILES string of the molecule is CC(O)C(C)(C)C=CC1CCC(C)C1(C)C. The Balaban J connectivity index is 2.72. The van der Waals surface area contributed by atoms with Crippen LogP contribution in [0.4, 0.5) is 0 Å². The normalized spacial score (nSPS) is 32.2. The molecule has 1 aliphatic carbocycles. The van der Waals surface area contributed by atoms with Crippen molar-refractivity contribution in [3.05, 3.63) is 12.2 Å². The molecule has 1 N–H and O–H groups in total. The zero-order valence-corrected chi connectivity index (χ0v) is 11.7. The third kappa shape index (κ3) is 2.68. The van der Waals surface area contributed by atoms with Gasteiger partial charge in [0, 0.05) is 5.41 Å². The highest BCUT2D eigenvalue weighted by Crippen LogP contribution is 2.48. The Kier molecular flexibility index (Phi) is 3.89. The molecule has 0 aromatic carbocycles. The molecule has 0 radical (unpaired) electrons. The molecular formula is C15H28O. The summed E-state index contributed by atoms with van der Waals surface area (Å²) in [6.07, 6.45) is 6.89. The van der Waals surface area contributed by atoms with Crippen LogP contribution in [0.25, 0.3) is 0 Å². The largest absolute Gasteiger partial charge is 0.393 e. The number of allylic oxidation sites excluding steroid dienone is 1. The smallest absolute Gasteiger partial charge is 0.0597 e. The molecule has 0 aromatic rings. The van der Waals surface area contributed by atoms with Gasteiger partial charge in [-0.15, -0.1) is 0 Å². The van der Waals surface area contributed by atoms with Gasteiger partial charge in [-0.3, -0.25) is 0 Å².